The van der Waals surface area contributed by atoms with Crippen LogP contribution in [0.2, 0.25) is 0 Å². The molecule has 0 radical (unpaired) electrons. The number of aryl methyl sites for hydroxylation is 1. The largest absolute Gasteiger partial charge is 0.494 e. The summed E-state index contributed by atoms with van der Waals surface area (Å²) < 4.78 is 10.3. The van der Waals surface area contributed by atoms with Crippen molar-refractivity contribution < 1.29 is 13.9 Å². The number of nitrogens with one attached hydrogen (secondary N) is 2. The molecular weight excluding hydrogens is 308 g/mol. The number of carbonyl (C=O) groups is 1. The molecule has 0 aliphatic rings. The standard InChI is InChI=1S/C18H18N2O4/c1-2-23-14-7-5-13(6-8-14)19-17(21)10-4-12-3-9-16-15(11-12)20-18(22)24-16/h3,5-9,11H,2,4,10H2,1H3,(H,19,21)(H,20,22). The van der Waals surface area contributed by atoms with E-state index in [0.29, 0.717) is 30.5 Å². The van der Waals surface area contributed by atoms with Gasteiger partial charge in [0, 0.05) is 12.1 Å². The molecule has 0 spiro atoms. The number of ether oxygens (including phenoxy) is 1. The summed E-state index contributed by atoms with van der Waals surface area (Å²) in [4.78, 5) is 25.8. The number of fused-ring (bicyclic) bond motifs is 1. The van der Waals surface area contributed by atoms with Crippen molar-refractivity contribution in [1.82, 2.24) is 4.98 Å². The minimum absolute atomic E-state index is 0.0695. The van der Waals surface area contributed by atoms with E-state index in [1.807, 2.05) is 43.3 Å². The molecule has 0 aliphatic carbocycles. The van der Waals surface area contributed by atoms with Gasteiger partial charge in [0.15, 0.2) is 5.58 Å². The van der Waals surface area contributed by atoms with Crippen LogP contribution in [0.25, 0.3) is 11.1 Å². The monoisotopic (exact) mass is 326 g/mol. The lowest BCUT2D eigenvalue weighted by Gasteiger charge is -2.07. The third-order valence-electron chi connectivity index (χ3n) is 3.57. The number of aromatic nitrogens is 1. The highest BCUT2D eigenvalue weighted by atomic mass is 16.5. The summed E-state index contributed by atoms with van der Waals surface area (Å²) in [5, 5.41) is 2.85. The molecule has 1 amide bonds. The van der Waals surface area contributed by atoms with Crippen molar-refractivity contribution in [1.29, 1.82) is 0 Å². The van der Waals surface area contributed by atoms with Crippen LogP contribution in [0.4, 0.5) is 5.69 Å². The maximum atomic E-state index is 12.0. The Morgan fingerprint density at radius 3 is 2.75 bits per heavy atom. The molecule has 3 aromatic rings. The number of anilines is 1. The predicted molar refractivity (Wildman–Crippen MR) is 91.4 cm³/mol. The average molecular weight is 326 g/mol. The maximum absolute atomic E-state index is 12.0. The van der Waals surface area contributed by atoms with Crippen molar-refractivity contribution in [2.24, 2.45) is 0 Å². The molecule has 124 valence electrons. The number of carbonyl (C=O) groups excluding carboxylic acids is 1. The van der Waals surface area contributed by atoms with E-state index in [9.17, 15) is 9.59 Å². The molecule has 0 unspecified atom stereocenters. The van der Waals surface area contributed by atoms with Gasteiger partial charge in [0.05, 0.1) is 12.1 Å². The van der Waals surface area contributed by atoms with E-state index in [1.54, 1.807) is 6.07 Å². The molecule has 0 saturated carbocycles. The summed E-state index contributed by atoms with van der Waals surface area (Å²) in [6.07, 6.45) is 0.923. The van der Waals surface area contributed by atoms with Crippen molar-refractivity contribution in [3.8, 4) is 5.75 Å². The van der Waals surface area contributed by atoms with Crippen molar-refractivity contribution in [2.45, 2.75) is 19.8 Å². The number of oxazole rings is 1. The molecule has 6 heteroatoms. The highest BCUT2D eigenvalue weighted by Gasteiger charge is 2.06. The van der Waals surface area contributed by atoms with Crippen LogP contribution in [0.15, 0.2) is 51.7 Å². The molecule has 2 aromatic carbocycles. The first-order chi connectivity index (χ1) is 11.6. The Morgan fingerprint density at radius 2 is 2.00 bits per heavy atom. The van der Waals surface area contributed by atoms with Crippen molar-refractivity contribution in [3.05, 3.63) is 58.6 Å². The van der Waals surface area contributed by atoms with Gasteiger partial charge in [-0.15, -0.1) is 0 Å². The molecule has 0 atom stereocenters. The number of rotatable bonds is 6. The number of aromatic amines is 1. The molecule has 6 nitrogen and oxygen atoms in total. The number of amides is 1. The maximum Gasteiger partial charge on any atom is 0.417 e. The van der Waals surface area contributed by atoms with Crippen molar-refractivity contribution in [2.75, 3.05) is 11.9 Å². The second-order valence-electron chi connectivity index (χ2n) is 5.35. The van der Waals surface area contributed by atoms with E-state index in [4.69, 9.17) is 9.15 Å². The van der Waals surface area contributed by atoms with Crippen LogP contribution >= 0.6 is 0 Å². The summed E-state index contributed by atoms with van der Waals surface area (Å²) in [6.45, 7) is 2.53. The van der Waals surface area contributed by atoms with Gasteiger partial charge in [-0.3, -0.25) is 9.78 Å². The molecule has 24 heavy (non-hydrogen) atoms. The highest BCUT2D eigenvalue weighted by molar-refractivity contribution is 5.90. The molecule has 3 rings (SSSR count). The fourth-order valence-electron chi connectivity index (χ4n) is 2.44. The quantitative estimate of drug-likeness (QED) is 0.729. The van der Waals surface area contributed by atoms with E-state index >= 15 is 0 Å². The first kappa shape index (κ1) is 15.9. The summed E-state index contributed by atoms with van der Waals surface area (Å²) in [5.74, 6) is 0.230. The lowest BCUT2D eigenvalue weighted by Crippen LogP contribution is -2.12. The summed E-state index contributed by atoms with van der Waals surface area (Å²) in [5.41, 5.74) is 2.85. The van der Waals surface area contributed by atoms with Crippen molar-refractivity contribution in [3.63, 3.8) is 0 Å². The fraction of sp³-hybridized carbons (Fsp3) is 0.222. The van der Waals surface area contributed by atoms with Gasteiger partial charge in [-0.25, -0.2) is 4.79 Å². The number of hydrogen-bond donors (Lipinski definition) is 2. The third kappa shape index (κ3) is 3.84. The number of H-pyrrole nitrogens is 1. The van der Waals surface area contributed by atoms with E-state index in [1.165, 1.54) is 0 Å². The summed E-state index contributed by atoms with van der Waals surface area (Å²) in [7, 11) is 0. The van der Waals surface area contributed by atoms with Gasteiger partial charge in [-0.05, 0) is 55.3 Å². The zero-order valence-electron chi connectivity index (χ0n) is 13.3. The molecule has 1 aromatic heterocycles. The van der Waals surface area contributed by atoms with Gasteiger partial charge < -0.3 is 14.5 Å². The van der Waals surface area contributed by atoms with Gasteiger partial charge in [0.2, 0.25) is 5.91 Å². The number of hydrogen-bond acceptors (Lipinski definition) is 4. The molecular formula is C18H18N2O4. The Labute approximate surface area is 138 Å². The predicted octanol–water partition coefficient (Wildman–Crippen LogP) is 3.09. The van der Waals surface area contributed by atoms with Crippen LogP contribution in [0.3, 0.4) is 0 Å². The lowest BCUT2D eigenvalue weighted by atomic mass is 10.1. The molecule has 0 bridgehead atoms. The Bertz CT molecular complexity index is 893. The molecule has 0 aliphatic heterocycles. The topological polar surface area (TPSA) is 84.3 Å². The van der Waals surface area contributed by atoms with Gasteiger partial charge >= 0.3 is 5.76 Å². The summed E-state index contributed by atoms with van der Waals surface area (Å²) >= 11 is 0. The second-order valence-corrected chi connectivity index (χ2v) is 5.35. The lowest BCUT2D eigenvalue weighted by molar-refractivity contribution is -0.116. The normalized spacial score (nSPS) is 10.7. The third-order valence-corrected chi connectivity index (χ3v) is 3.57. The first-order valence-electron chi connectivity index (χ1n) is 7.78. The number of benzene rings is 2. The van der Waals surface area contributed by atoms with Crippen LogP contribution < -0.4 is 15.8 Å². The van der Waals surface area contributed by atoms with E-state index in [0.717, 1.165) is 17.0 Å². The Kier molecular flexibility index (Phi) is 4.65. The van der Waals surface area contributed by atoms with E-state index in [-0.39, 0.29) is 5.91 Å². The van der Waals surface area contributed by atoms with Crippen molar-refractivity contribution >= 4 is 22.7 Å². The minimum atomic E-state index is -0.476. The van der Waals surface area contributed by atoms with Crippen LogP contribution in [-0.4, -0.2) is 17.5 Å². The zero-order valence-corrected chi connectivity index (χ0v) is 13.3. The Morgan fingerprint density at radius 1 is 1.21 bits per heavy atom. The average Bonchev–Trinajstić information content (AvgIpc) is 2.94. The van der Waals surface area contributed by atoms with Gasteiger partial charge in [0.25, 0.3) is 0 Å². The Balaban J connectivity index is 1.56. The SMILES string of the molecule is CCOc1ccc(NC(=O)CCc2ccc3oc(=O)[nH]c3c2)cc1. The smallest absolute Gasteiger partial charge is 0.417 e. The van der Waals surface area contributed by atoms with Gasteiger partial charge in [-0.2, -0.15) is 0 Å². The van der Waals surface area contributed by atoms with Gasteiger partial charge in [0.1, 0.15) is 5.75 Å². The van der Waals surface area contributed by atoms with Crippen LogP contribution in [0.5, 0.6) is 5.75 Å². The van der Waals surface area contributed by atoms with Crippen LogP contribution in [-0.2, 0) is 11.2 Å². The molecule has 0 saturated heterocycles. The summed E-state index contributed by atoms with van der Waals surface area (Å²) in [6, 6.07) is 12.7. The highest BCUT2D eigenvalue weighted by Crippen LogP contribution is 2.17. The van der Waals surface area contributed by atoms with Crippen LogP contribution in [0.1, 0.15) is 18.9 Å². The molecule has 2 N–H and O–H groups in total. The van der Waals surface area contributed by atoms with E-state index < -0.39 is 5.76 Å². The zero-order chi connectivity index (χ0) is 16.9. The second kappa shape index (κ2) is 7.04. The van der Waals surface area contributed by atoms with Crippen LogP contribution in [0, 0.1) is 0 Å². The Hall–Kier alpha value is -3.02. The van der Waals surface area contributed by atoms with E-state index in [2.05, 4.69) is 10.3 Å². The minimum Gasteiger partial charge on any atom is -0.494 e. The first-order valence-corrected chi connectivity index (χ1v) is 7.78. The fourth-order valence-corrected chi connectivity index (χ4v) is 2.44. The van der Waals surface area contributed by atoms with Gasteiger partial charge in [-0.1, -0.05) is 6.07 Å². The molecule has 0 fully saturated rings. The molecule has 1 heterocycles.